The fourth-order valence-corrected chi connectivity index (χ4v) is 1.81. The lowest BCUT2D eigenvalue weighted by Gasteiger charge is -2.14. The van der Waals surface area contributed by atoms with Gasteiger partial charge in [0.15, 0.2) is 0 Å². The molecule has 0 bridgehead atoms. The summed E-state index contributed by atoms with van der Waals surface area (Å²) >= 11 is 0. The van der Waals surface area contributed by atoms with E-state index < -0.39 is 0 Å². The third kappa shape index (κ3) is 2.95. The minimum atomic E-state index is 0.649. The van der Waals surface area contributed by atoms with E-state index in [1.54, 1.807) is 0 Å². The number of fused-ring (bicyclic) bond motifs is 1. The molecule has 0 heterocycles. The molecule has 0 N–H and O–H groups in total. The lowest BCUT2D eigenvalue weighted by molar-refractivity contribution is 0.860. The fraction of sp³-hybridized carbons (Fsp3) is 0.467. The highest BCUT2D eigenvalue weighted by molar-refractivity contribution is 5.38. The quantitative estimate of drug-likeness (QED) is 0.588. The van der Waals surface area contributed by atoms with E-state index >= 15 is 0 Å². The highest BCUT2D eigenvalue weighted by atomic mass is 14.1. The second kappa shape index (κ2) is 5.75. The molecule has 1 aliphatic rings. The molecule has 1 aromatic carbocycles. The highest BCUT2D eigenvalue weighted by Crippen LogP contribution is 2.22. The minimum absolute atomic E-state index is 0.649. The molecule has 0 saturated carbocycles. The van der Waals surface area contributed by atoms with Gasteiger partial charge < -0.3 is 0 Å². The molecule has 0 heteroatoms. The van der Waals surface area contributed by atoms with E-state index in [2.05, 4.69) is 44.2 Å². The van der Waals surface area contributed by atoms with Crippen LogP contribution in [-0.4, -0.2) is 0 Å². The molecular weight excluding hydrogens is 180 g/mol. The van der Waals surface area contributed by atoms with E-state index in [1.807, 2.05) is 13.8 Å². The zero-order valence-corrected chi connectivity index (χ0v) is 10.4. The first kappa shape index (κ1) is 12.0. The molecule has 0 nitrogen and oxygen atoms in total. The van der Waals surface area contributed by atoms with Gasteiger partial charge in [-0.25, -0.2) is 0 Å². The number of allylic oxidation sites excluding steroid dienone is 2. The molecule has 0 radical (unpaired) electrons. The summed E-state index contributed by atoms with van der Waals surface area (Å²) in [6.07, 6.45) is 6.77. The average molecular weight is 202 g/mol. The van der Waals surface area contributed by atoms with Crippen LogP contribution in [0.1, 0.15) is 50.3 Å². The Labute approximate surface area is 94.0 Å². The van der Waals surface area contributed by atoms with Crippen LogP contribution in [0.25, 0.3) is 0 Å². The molecule has 0 amide bonds. The maximum Gasteiger partial charge on any atom is -0.00944 e. The lowest BCUT2D eigenvalue weighted by atomic mass is 9.92. The van der Waals surface area contributed by atoms with Crippen molar-refractivity contribution in [3.8, 4) is 0 Å². The van der Waals surface area contributed by atoms with Crippen LogP contribution in [0.4, 0.5) is 0 Å². The van der Waals surface area contributed by atoms with E-state index in [0.29, 0.717) is 5.92 Å². The number of benzene rings is 1. The van der Waals surface area contributed by atoms with Gasteiger partial charge >= 0.3 is 0 Å². The Balaban J connectivity index is 0.000000531. The van der Waals surface area contributed by atoms with Gasteiger partial charge in [-0.3, -0.25) is 0 Å². The van der Waals surface area contributed by atoms with Crippen molar-refractivity contribution < 1.29 is 0 Å². The molecular formula is C15H22. The van der Waals surface area contributed by atoms with E-state index in [-0.39, 0.29) is 0 Å². The van der Waals surface area contributed by atoms with Gasteiger partial charge in [0.25, 0.3) is 0 Å². The number of hydrogen-bond acceptors (Lipinski definition) is 0. The van der Waals surface area contributed by atoms with Crippen LogP contribution in [-0.2, 0) is 12.8 Å². The SMILES string of the molecule is CC.CC(C)c1ccc2c(c1)CC=CC2. The number of rotatable bonds is 1. The Morgan fingerprint density at radius 2 is 1.53 bits per heavy atom. The minimum Gasteiger partial charge on any atom is -0.0838 e. The molecule has 0 fully saturated rings. The Bertz CT molecular complexity index is 332. The van der Waals surface area contributed by atoms with Gasteiger partial charge in [0, 0.05) is 0 Å². The van der Waals surface area contributed by atoms with Crippen molar-refractivity contribution in [2.24, 2.45) is 0 Å². The molecule has 1 aliphatic carbocycles. The second-order valence-corrected chi connectivity index (χ2v) is 4.06. The van der Waals surface area contributed by atoms with Crippen LogP contribution in [0, 0.1) is 0 Å². The molecule has 82 valence electrons. The summed E-state index contributed by atoms with van der Waals surface area (Å²) in [6.45, 7) is 8.50. The third-order valence-corrected chi connectivity index (χ3v) is 2.74. The topological polar surface area (TPSA) is 0 Å². The molecule has 15 heavy (non-hydrogen) atoms. The van der Waals surface area contributed by atoms with Crippen LogP contribution in [0.15, 0.2) is 30.4 Å². The van der Waals surface area contributed by atoms with Crippen molar-refractivity contribution in [1.82, 2.24) is 0 Å². The predicted molar refractivity (Wildman–Crippen MR) is 68.4 cm³/mol. The van der Waals surface area contributed by atoms with Gasteiger partial charge in [-0.1, -0.05) is 58.0 Å². The Hall–Kier alpha value is -1.04. The normalized spacial score (nSPS) is 13.1. The van der Waals surface area contributed by atoms with Crippen molar-refractivity contribution in [1.29, 1.82) is 0 Å². The molecule has 0 saturated heterocycles. The van der Waals surface area contributed by atoms with E-state index in [1.165, 1.54) is 16.7 Å². The summed E-state index contributed by atoms with van der Waals surface area (Å²) in [7, 11) is 0. The van der Waals surface area contributed by atoms with Crippen LogP contribution in [0.3, 0.4) is 0 Å². The number of hydrogen-bond donors (Lipinski definition) is 0. The Morgan fingerprint density at radius 3 is 2.13 bits per heavy atom. The van der Waals surface area contributed by atoms with Gasteiger partial charge in [-0.15, -0.1) is 0 Å². The van der Waals surface area contributed by atoms with Crippen molar-refractivity contribution in [2.45, 2.75) is 46.5 Å². The van der Waals surface area contributed by atoms with Crippen LogP contribution in [0.2, 0.25) is 0 Å². The fourth-order valence-electron chi connectivity index (χ4n) is 1.81. The van der Waals surface area contributed by atoms with E-state index in [9.17, 15) is 0 Å². The molecule has 2 rings (SSSR count). The largest absolute Gasteiger partial charge is 0.0838 e. The Morgan fingerprint density at radius 1 is 0.933 bits per heavy atom. The smallest absolute Gasteiger partial charge is 0.00944 e. The van der Waals surface area contributed by atoms with Gasteiger partial charge in [0.2, 0.25) is 0 Å². The molecule has 1 aromatic rings. The van der Waals surface area contributed by atoms with Crippen molar-refractivity contribution in [3.05, 3.63) is 47.0 Å². The first-order chi connectivity index (χ1) is 7.27. The maximum atomic E-state index is 2.36. The molecule has 0 aromatic heterocycles. The zero-order valence-electron chi connectivity index (χ0n) is 10.4. The standard InChI is InChI=1S/C13H16.C2H6/c1-10(2)12-8-7-11-5-3-4-6-13(11)9-12;1-2/h3-4,7-10H,5-6H2,1-2H3;1-2H3. The van der Waals surface area contributed by atoms with Crippen molar-refractivity contribution in [2.75, 3.05) is 0 Å². The predicted octanol–water partition coefficient (Wildman–Crippen LogP) is 4.49. The molecule has 0 aliphatic heterocycles. The highest BCUT2D eigenvalue weighted by Gasteiger charge is 2.06. The monoisotopic (exact) mass is 202 g/mol. The summed E-state index contributed by atoms with van der Waals surface area (Å²) in [5, 5.41) is 0. The van der Waals surface area contributed by atoms with Gasteiger partial charge in [-0.05, 0) is 35.4 Å². The average Bonchev–Trinajstić information content (AvgIpc) is 2.31. The third-order valence-electron chi connectivity index (χ3n) is 2.74. The van der Waals surface area contributed by atoms with Crippen LogP contribution in [0.5, 0.6) is 0 Å². The van der Waals surface area contributed by atoms with Gasteiger partial charge in [0.05, 0.1) is 0 Å². The van der Waals surface area contributed by atoms with E-state index in [4.69, 9.17) is 0 Å². The zero-order chi connectivity index (χ0) is 11.3. The lowest BCUT2D eigenvalue weighted by Crippen LogP contribution is -1.99. The molecule has 0 unspecified atom stereocenters. The van der Waals surface area contributed by atoms with Crippen LogP contribution >= 0.6 is 0 Å². The van der Waals surface area contributed by atoms with Crippen molar-refractivity contribution in [3.63, 3.8) is 0 Å². The summed E-state index contributed by atoms with van der Waals surface area (Å²) in [4.78, 5) is 0. The summed E-state index contributed by atoms with van der Waals surface area (Å²) in [6, 6.07) is 6.92. The van der Waals surface area contributed by atoms with Crippen molar-refractivity contribution >= 4 is 0 Å². The second-order valence-electron chi connectivity index (χ2n) is 4.06. The summed E-state index contributed by atoms with van der Waals surface area (Å²) < 4.78 is 0. The first-order valence-electron chi connectivity index (χ1n) is 6.04. The van der Waals surface area contributed by atoms with E-state index in [0.717, 1.165) is 12.8 Å². The summed E-state index contributed by atoms with van der Waals surface area (Å²) in [5.74, 6) is 0.649. The Kier molecular flexibility index (Phi) is 4.61. The van der Waals surface area contributed by atoms with Gasteiger partial charge in [-0.2, -0.15) is 0 Å². The molecule has 0 atom stereocenters. The van der Waals surface area contributed by atoms with Crippen LogP contribution < -0.4 is 0 Å². The van der Waals surface area contributed by atoms with Gasteiger partial charge in [0.1, 0.15) is 0 Å². The molecule has 0 spiro atoms. The summed E-state index contributed by atoms with van der Waals surface area (Å²) in [5.41, 5.74) is 4.50. The first-order valence-corrected chi connectivity index (χ1v) is 6.04. The maximum absolute atomic E-state index is 2.36.